The fraction of sp³-hybridized carbons (Fsp3) is 0.455. The van der Waals surface area contributed by atoms with E-state index in [1.807, 2.05) is 0 Å². The van der Waals surface area contributed by atoms with E-state index in [1.165, 1.54) is 7.05 Å². The molecule has 10 heteroatoms. The van der Waals surface area contributed by atoms with Gasteiger partial charge in [0.1, 0.15) is 0 Å². The minimum Gasteiger partial charge on any atom is -0.318 e. The van der Waals surface area contributed by atoms with E-state index in [0.29, 0.717) is 12.6 Å². The molecule has 1 aromatic carbocycles. The van der Waals surface area contributed by atoms with Crippen LogP contribution in [0.1, 0.15) is 5.56 Å². The Labute approximate surface area is 132 Å². The van der Waals surface area contributed by atoms with Crippen molar-refractivity contribution >= 4 is 34.0 Å². The van der Waals surface area contributed by atoms with Crippen LogP contribution < -0.4 is 5.32 Å². The fourth-order valence-electron chi connectivity index (χ4n) is 1.51. The van der Waals surface area contributed by atoms with E-state index in [2.05, 4.69) is 5.32 Å². The molecular weight excluding hydrogens is 352 g/mol. The number of hydrogen-bond donors (Lipinski definition) is 1. The molecule has 1 aromatic rings. The second-order valence-electron chi connectivity index (χ2n) is 4.07. The van der Waals surface area contributed by atoms with Gasteiger partial charge in [0.2, 0.25) is 10.0 Å². The fourth-order valence-corrected chi connectivity index (χ4v) is 3.04. The van der Waals surface area contributed by atoms with E-state index >= 15 is 0 Å². The van der Waals surface area contributed by atoms with Crippen molar-refractivity contribution in [3.63, 3.8) is 0 Å². The van der Waals surface area contributed by atoms with Gasteiger partial charge in [-0.15, -0.1) is 12.4 Å². The molecule has 0 aliphatic rings. The first-order chi connectivity index (χ1) is 9.10. The van der Waals surface area contributed by atoms with E-state index < -0.39 is 26.7 Å². The molecule has 0 radical (unpaired) electrons. The van der Waals surface area contributed by atoms with Gasteiger partial charge >= 0.3 is 6.18 Å². The molecule has 0 heterocycles. The lowest BCUT2D eigenvalue weighted by molar-refractivity contribution is -0.139. The maximum absolute atomic E-state index is 12.9. The van der Waals surface area contributed by atoms with Crippen molar-refractivity contribution in [1.82, 2.24) is 9.62 Å². The minimum atomic E-state index is -4.79. The molecular formula is C11H15Cl2F3N2O2S. The highest BCUT2D eigenvalue weighted by Crippen LogP contribution is 2.36. The molecule has 0 amide bonds. The SMILES string of the molecule is CNCCN(C)S(=O)(=O)c1ccc(Cl)cc1C(F)(F)F.Cl. The van der Waals surface area contributed by atoms with Crippen LogP contribution in [0.5, 0.6) is 0 Å². The molecule has 1 rings (SSSR count). The van der Waals surface area contributed by atoms with Crippen LogP contribution in [0.15, 0.2) is 23.1 Å². The standard InChI is InChI=1S/C11H14ClF3N2O2S.ClH/c1-16-5-6-17(2)20(18,19)10-4-3-8(12)7-9(10)11(13,14)15;/h3-4,7,16H,5-6H2,1-2H3;1H. The summed E-state index contributed by atoms with van der Waals surface area (Å²) in [5.74, 6) is 0. The second-order valence-corrected chi connectivity index (χ2v) is 6.52. The number of benzene rings is 1. The number of sulfonamides is 1. The van der Waals surface area contributed by atoms with E-state index in [4.69, 9.17) is 11.6 Å². The normalized spacial score (nSPS) is 12.3. The zero-order valence-electron chi connectivity index (χ0n) is 11.2. The molecule has 122 valence electrons. The van der Waals surface area contributed by atoms with Crippen LogP contribution in [0.2, 0.25) is 5.02 Å². The minimum absolute atomic E-state index is 0. The predicted molar refractivity (Wildman–Crippen MR) is 77.4 cm³/mol. The van der Waals surface area contributed by atoms with Gasteiger partial charge < -0.3 is 5.32 Å². The van der Waals surface area contributed by atoms with Crippen molar-refractivity contribution in [3.05, 3.63) is 28.8 Å². The zero-order valence-corrected chi connectivity index (χ0v) is 13.6. The van der Waals surface area contributed by atoms with Crippen LogP contribution in [-0.2, 0) is 16.2 Å². The number of halogens is 5. The molecule has 0 spiro atoms. The van der Waals surface area contributed by atoms with Crippen LogP contribution in [0.3, 0.4) is 0 Å². The molecule has 1 N–H and O–H groups in total. The quantitative estimate of drug-likeness (QED) is 0.871. The molecule has 0 saturated heterocycles. The molecule has 21 heavy (non-hydrogen) atoms. The molecule has 0 unspecified atom stereocenters. The summed E-state index contributed by atoms with van der Waals surface area (Å²) in [6.07, 6.45) is -4.79. The first kappa shape index (κ1) is 20.5. The van der Waals surface area contributed by atoms with Gasteiger partial charge in [-0.2, -0.15) is 17.5 Å². The maximum Gasteiger partial charge on any atom is 0.417 e. The number of alkyl halides is 3. The number of likely N-dealkylation sites (N-methyl/N-ethyl adjacent to an activating group) is 2. The summed E-state index contributed by atoms with van der Waals surface area (Å²) in [5, 5.41) is 2.55. The van der Waals surface area contributed by atoms with Gasteiger partial charge in [-0.3, -0.25) is 0 Å². The highest BCUT2D eigenvalue weighted by molar-refractivity contribution is 7.89. The van der Waals surface area contributed by atoms with Gasteiger partial charge in [-0.05, 0) is 25.2 Å². The topological polar surface area (TPSA) is 49.4 Å². The molecule has 0 aliphatic heterocycles. The summed E-state index contributed by atoms with van der Waals surface area (Å²) in [6, 6.07) is 2.60. The molecule has 0 aromatic heterocycles. The Hall–Kier alpha value is -0.540. The van der Waals surface area contributed by atoms with Gasteiger partial charge in [0.05, 0.1) is 10.5 Å². The molecule has 0 saturated carbocycles. The summed E-state index contributed by atoms with van der Waals surface area (Å²) < 4.78 is 64.0. The Morgan fingerprint density at radius 1 is 1.33 bits per heavy atom. The smallest absolute Gasteiger partial charge is 0.318 e. The first-order valence-electron chi connectivity index (χ1n) is 5.58. The number of nitrogens with zero attached hydrogens (tertiary/aromatic N) is 1. The first-order valence-corrected chi connectivity index (χ1v) is 7.40. The molecule has 0 atom stereocenters. The molecule has 4 nitrogen and oxygen atoms in total. The third-order valence-electron chi connectivity index (χ3n) is 2.61. The summed E-state index contributed by atoms with van der Waals surface area (Å²) in [5.41, 5.74) is -1.26. The van der Waals surface area contributed by atoms with E-state index in [1.54, 1.807) is 7.05 Å². The predicted octanol–water partition coefficient (Wildman–Crippen LogP) is 2.62. The van der Waals surface area contributed by atoms with E-state index in [-0.39, 0.29) is 24.0 Å². The second kappa shape index (κ2) is 7.64. The average molecular weight is 367 g/mol. The van der Waals surface area contributed by atoms with Crippen molar-refractivity contribution in [2.24, 2.45) is 0 Å². The van der Waals surface area contributed by atoms with Crippen molar-refractivity contribution in [3.8, 4) is 0 Å². The average Bonchev–Trinajstić information content (AvgIpc) is 2.34. The maximum atomic E-state index is 12.9. The number of rotatable bonds is 5. The Balaban J connectivity index is 0.00000400. The van der Waals surface area contributed by atoms with Crippen LogP contribution in [0.4, 0.5) is 13.2 Å². The Kier molecular flexibility index (Phi) is 7.44. The lowest BCUT2D eigenvalue weighted by Gasteiger charge is -2.20. The molecule has 0 fully saturated rings. The summed E-state index contributed by atoms with van der Waals surface area (Å²) in [4.78, 5) is -0.798. The molecule has 0 bridgehead atoms. The summed E-state index contributed by atoms with van der Waals surface area (Å²) in [6.45, 7) is 0.378. The Morgan fingerprint density at radius 3 is 2.38 bits per heavy atom. The van der Waals surface area contributed by atoms with Crippen LogP contribution in [0, 0.1) is 0 Å². The summed E-state index contributed by atoms with van der Waals surface area (Å²) >= 11 is 5.52. The third-order valence-corrected chi connectivity index (χ3v) is 4.76. The Bertz CT molecular complexity index is 579. The largest absolute Gasteiger partial charge is 0.417 e. The highest BCUT2D eigenvalue weighted by atomic mass is 35.5. The third kappa shape index (κ3) is 5.00. The van der Waals surface area contributed by atoms with Crippen molar-refractivity contribution < 1.29 is 21.6 Å². The lowest BCUT2D eigenvalue weighted by atomic mass is 10.2. The van der Waals surface area contributed by atoms with E-state index in [9.17, 15) is 21.6 Å². The van der Waals surface area contributed by atoms with Crippen molar-refractivity contribution in [1.29, 1.82) is 0 Å². The van der Waals surface area contributed by atoms with Crippen LogP contribution in [0.25, 0.3) is 0 Å². The van der Waals surface area contributed by atoms with Crippen molar-refractivity contribution in [2.75, 3.05) is 27.2 Å². The van der Waals surface area contributed by atoms with Gasteiger partial charge in [0, 0.05) is 25.2 Å². The zero-order chi connectivity index (χ0) is 15.6. The van der Waals surface area contributed by atoms with Gasteiger partial charge in [0.25, 0.3) is 0 Å². The van der Waals surface area contributed by atoms with Gasteiger partial charge in [0.15, 0.2) is 0 Å². The van der Waals surface area contributed by atoms with Crippen LogP contribution in [-0.4, -0.2) is 39.9 Å². The number of hydrogen-bond acceptors (Lipinski definition) is 3. The van der Waals surface area contributed by atoms with Gasteiger partial charge in [-0.1, -0.05) is 11.6 Å². The highest BCUT2D eigenvalue weighted by Gasteiger charge is 2.38. The lowest BCUT2D eigenvalue weighted by Crippen LogP contribution is -2.34. The summed E-state index contributed by atoms with van der Waals surface area (Å²) in [7, 11) is -1.39. The Morgan fingerprint density at radius 2 is 1.90 bits per heavy atom. The van der Waals surface area contributed by atoms with Crippen molar-refractivity contribution in [2.45, 2.75) is 11.1 Å². The van der Waals surface area contributed by atoms with E-state index in [0.717, 1.165) is 16.4 Å². The monoisotopic (exact) mass is 366 g/mol. The van der Waals surface area contributed by atoms with Gasteiger partial charge in [-0.25, -0.2) is 8.42 Å². The number of nitrogens with one attached hydrogen (secondary N) is 1. The molecule has 0 aliphatic carbocycles. The van der Waals surface area contributed by atoms with Crippen LogP contribution >= 0.6 is 24.0 Å².